The second-order valence-corrected chi connectivity index (χ2v) is 9.51. The van der Waals surface area contributed by atoms with Crippen LogP contribution in [0, 0.1) is 0 Å². The zero-order valence-electron chi connectivity index (χ0n) is 17.6. The first-order valence-corrected chi connectivity index (χ1v) is 12.1. The van der Waals surface area contributed by atoms with E-state index < -0.39 is 10.0 Å². The van der Waals surface area contributed by atoms with Crippen molar-refractivity contribution in [3.8, 4) is 5.75 Å². The summed E-state index contributed by atoms with van der Waals surface area (Å²) >= 11 is 0. The molecule has 0 unspecified atom stereocenters. The lowest BCUT2D eigenvalue weighted by Gasteiger charge is -2.17. The average Bonchev–Trinajstić information content (AvgIpc) is 3.51. The predicted octanol–water partition coefficient (Wildman–Crippen LogP) is 4.01. The Hall–Kier alpha value is -3.10. The van der Waals surface area contributed by atoms with Crippen LogP contribution in [0.25, 0.3) is 0 Å². The van der Waals surface area contributed by atoms with Gasteiger partial charge in [-0.2, -0.15) is 0 Å². The lowest BCUT2D eigenvalue weighted by molar-refractivity contribution is 0.0950. The smallest absolute Gasteiger partial charge is 0.251 e. The standard InChI is InChI=1S/C24H26N2O5S/c27-24(25-16-19-6-1-4-10-23(19)31-20-7-2-3-8-20)18-11-13-22(14-12-18)32(28,29)26-17-21-9-5-15-30-21/h1,4-6,9-15,20,26H,2-3,7-8,16-17H2,(H,25,27). The van der Waals surface area contributed by atoms with Gasteiger partial charge in [-0.25, -0.2) is 13.1 Å². The Balaban J connectivity index is 1.35. The molecule has 1 fully saturated rings. The lowest BCUT2D eigenvalue weighted by atomic mass is 10.1. The van der Waals surface area contributed by atoms with Crippen molar-refractivity contribution in [2.75, 3.05) is 0 Å². The van der Waals surface area contributed by atoms with Crippen molar-refractivity contribution in [2.24, 2.45) is 0 Å². The predicted molar refractivity (Wildman–Crippen MR) is 120 cm³/mol. The second-order valence-electron chi connectivity index (χ2n) is 7.74. The van der Waals surface area contributed by atoms with Gasteiger partial charge in [0, 0.05) is 17.7 Å². The van der Waals surface area contributed by atoms with Gasteiger partial charge in [-0.05, 0) is 68.1 Å². The molecule has 3 aromatic rings. The monoisotopic (exact) mass is 454 g/mol. The van der Waals surface area contributed by atoms with Crippen LogP contribution >= 0.6 is 0 Å². The molecule has 1 aliphatic rings. The first kappa shape index (κ1) is 22.1. The second kappa shape index (κ2) is 10.0. The van der Waals surface area contributed by atoms with Crippen molar-refractivity contribution in [2.45, 2.75) is 49.8 Å². The van der Waals surface area contributed by atoms with E-state index in [9.17, 15) is 13.2 Å². The first-order chi connectivity index (χ1) is 15.5. The number of nitrogens with one attached hydrogen (secondary N) is 2. The Kier molecular flexibility index (Phi) is 6.92. The molecule has 0 atom stereocenters. The van der Waals surface area contributed by atoms with E-state index in [-0.39, 0.29) is 23.5 Å². The van der Waals surface area contributed by atoms with Gasteiger partial charge in [0.15, 0.2) is 0 Å². The quantitative estimate of drug-likeness (QED) is 0.509. The van der Waals surface area contributed by atoms with E-state index in [0.29, 0.717) is 17.9 Å². The largest absolute Gasteiger partial charge is 0.490 e. The minimum Gasteiger partial charge on any atom is -0.490 e. The van der Waals surface area contributed by atoms with E-state index >= 15 is 0 Å². The molecule has 0 bridgehead atoms. The third kappa shape index (κ3) is 5.57. The topological polar surface area (TPSA) is 97.6 Å². The number of hydrogen-bond acceptors (Lipinski definition) is 5. The van der Waals surface area contributed by atoms with Crippen LogP contribution in [0.1, 0.15) is 47.4 Å². The molecule has 0 radical (unpaired) electrons. The maximum Gasteiger partial charge on any atom is 0.251 e. The number of furan rings is 1. The third-order valence-electron chi connectivity index (χ3n) is 5.45. The lowest BCUT2D eigenvalue weighted by Crippen LogP contribution is -2.25. The van der Waals surface area contributed by atoms with E-state index in [2.05, 4.69) is 10.0 Å². The first-order valence-electron chi connectivity index (χ1n) is 10.7. The van der Waals surface area contributed by atoms with E-state index in [4.69, 9.17) is 9.15 Å². The van der Waals surface area contributed by atoms with Crippen molar-refractivity contribution in [3.05, 3.63) is 83.8 Å². The molecule has 168 valence electrons. The van der Waals surface area contributed by atoms with Crippen molar-refractivity contribution >= 4 is 15.9 Å². The summed E-state index contributed by atoms with van der Waals surface area (Å²) in [6.45, 7) is 0.381. The average molecular weight is 455 g/mol. The SMILES string of the molecule is O=C(NCc1ccccc1OC1CCCC1)c1ccc(S(=O)(=O)NCc2ccco2)cc1. The van der Waals surface area contributed by atoms with E-state index in [1.807, 2.05) is 24.3 Å². The van der Waals surface area contributed by atoms with Gasteiger partial charge < -0.3 is 14.5 Å². The third-order valence-corrected chi connectivity index (χ3v) is 6.87. The summed E-state index contributed by atoms with van der Waals surface area (Å²) in [6, 6.07) is 16.9. The molecule has 1 aromatic heterocycles. The van der Waals surface area contributed by atoms with E-state index in [1.54, 1.807) is 12.1 Å². The Labute approximate surface area is 187 Å². The summed E-state index contributed by atoms with van der Waals surface area (Å²) in [5, 5.41) is 2.89. The van der Waals surface area contributed by atoms with Crippen LogP contribution in [-0.4, -0.2) is 20.4 Å². The molecule has 32 heavy (non-hydrogen) atoms. The van der Waals surface area contributed by atoms with Gasteiger partial charge in [-0.15, -0.1) is 0 Å². The van der Waals surface area contributed by atoms with Gasteiger partial charge in [0.2, 0.25) is 10.0 Å². The molecule has 4 rings (SSSR count). The highest BCUT2D eigenvalue weighted by molar-refractivity contribution is 7.89. The van der Waals surface area contributed by atoms with Gasteiger partial charge in [-0.1, -0.05) is 18.2 Å². The number of rotatable bonds is 9. The normalized spacial score (nSPS) is 14.4. The number of benzene rings is 2. The minimum absolute atomic E-state index is 0.0555. The summed E-state index contributed by atoms with van der Waals surface area (Å²) in [4.78, 5) is 12.7. The van der Waals surface area contributed by atoms with Crippen LogP contribution < -0.4 is 14.8 Å². The maximum atomic E-state index is 12.6. The fraction of sp³-hybridized carbons (Fsp3) is 0.292. The van der Waals surface area contributed by atoms with Crippen LogP contribution in [0.5, 0.6) is 5.75 Å². The van der Waals surface area contributed by atoms with Crippen molar-refractivity contribution in [3.63, 3.8) is 0 Å². The van der Waals surface area contributed by atoms with E-state index in [1.165, 1.54) is 43.4 Å². The molecule has 1 aliphatic carbocycles. The highest BCUT2D eigenvalue weighted by atomic mass is 32.2. The highest BCUT2D eigenvalue weighted by Crippen LogP contribution is 2.26. The Morgan fingerprint density at radius 2 is 1.72 bits per heavy atom. The van der Waals surface area contributed by atoms with Gasteiger partial charge in [0.1, 0.15) is 11.5 Å². The maximum absolute atomic E-state index is 12.6. The number of sulfonamides is 1. The van der Waals surface area contributed by atoms with Crippen LogP contribution in [0.15, 0.2) is 76.2 Å². The molecule has 1 saturated carbocycles. The Morgan fingerprint density at radius 1 is 0.969 bits per heavy atom. The molecule has 1 heterocycles. The molecule has 0 aliphatic heterocycles. The zero-order chi connectivity index (χ0) is 22.4. The molecule has 1 amide bonds. The Morgan fingerprint density at radius 3 is 2.44 bits per heavy atom. The van der Waals surface area contributed by atoms with Crippen LogP contribution in [0.3, 0.4) is 0 Å². The van der Waals surface area contributed by atoms with Crippen LogP contribution in [0.4, 0.5) is 0 Å². The van der Waals surface area contributed by atoms with Crippen LogP contribution in [0.2, 0.25) is 0 Å². The number of carbonyl (C=O) groups is 1. The fourth-order valence-corrected chi connectivity index (χ4v) is 4.67. The number of ether oxygens (including phenoxy) is 1. The molecule has 7 nitrogen and oxygen atoms in total. The fourth-order valence-electron chi connectivity index (χ4n) is 3.68. The van der Waals surface area contributed by atoms with Crippen molar-refractivity contribution < 1.29 is 22.4 Å². The number of amides is 1. The summed E-state index contributed by atoms with van der Waals surface area (Å²) in [5.41, 5.74) is 1.29. The molecule has 0 spiro atoms. The van der Waals surface area contributed by atoms with Gasteiger partial charge in [-0.3, -0.25) is 4.79 Å². The van der Waals surface area contributed by atoms with Crippen molar-refractivity contribution in [1.29, 1.82) is 0 Å². The molecular weight excluding hydrogens is 428 g/mol. The van der Waals surface area contributed by atoms with Gasteiger partial charge in [0.25, 0.3) is 5.91 Å². The molecule has 8 heteroatoms. The van der Waals surface area contributed by atoms with Crippen molar-refractivity contribution in [1.82, 2.24) is 10.0 Å². The van der Waals surface area contributed by atoms with E-state index in [0.717, 1.165) is 24.2 Å². The molecular formula is C24H26N2O5S. The Bertz CT molecular complexity index is 1140. The zero-order valence-corrected chi connectivity index (χ0v) is 18.4. The molecule has 2 aromatic carbocycles. The molecule has 0 saturated heterocycles. The minimum atomic E-state index is -3.71. The van der Waals surface area contributed by atoms with Crippen LogP contribution in [-0.2, 0) is 23.1 Å². The highest BCUT2D eigenvalue weighted by Gasteiger charge is 2.18. The molecule has 2 N–H and O–H groups in total. The number of para-hydroxylation sites is 1. The summed E-state index contributed by atoms with van der Waals surface area (Å²) in [5.74, 6) is 1.03. The summed E-state index contributed by atoms with van der Waals surface area (Å²) in [6.07, 6.45) is 6.22. The number of carbonyl (C=O) groups excluding carboxylic acids is 1. The van der Waals surface area contributed by atoms with Gasteiger partial charge in [0.05, 0.1) is 23.8 Å². The summed E-state index contributed by atoms with van der Waals surface area (Å²) < 4.78 is 38.6. The van der Waals surface area contributed by atoms with Gasteiger partial charge >= 0.3 is 0 Å². The number of hydrogen-bond donors (Lipinski definition) is 2. The summed E-state index contributed by atoms with van der Waals surface area (Å²) in [7, 11) is -3.71.